The van der Waals surface area contributed by atoms with Gasteiger partial charge in [0.05, 0.1) is 19.3 Å². The van der Waals surface area contributed by atoms with Gasteiger partial charge in [0, 0.05) is 11.4 Å². The summed E-state index contributed by atoms with van der Waals surface area (Å²) in [5.74, 6) is 0.564. The van der Waals surface area contributed by atoms with E-state index in [0.29, 0.717) is 18.0 Å². The second kappa shape index (κ2) is 8.90. The largest absolute Gasteiger partial charge is 0.493 e. The summed E-state index contributed by atoms with van der Waals surface area (Å²) >= 11 is 0. The molecule has 0 atom stereocenters. The van der Waals surface area contributed by atoms with Crippen molar-refractivity contribution in [3.8, 4) is 5.75 Å². The molecule has 0 spiro atoms. The lowest BCUT2D eigenvalue weighted by Gasteiger charge is -2.10. The number of carbonyl (C=O) groups is 2. The quantitative estimate of drug-likeness (QED) is 0.632. The average Bonchev–Trinajstić information content (AvgIpc) is 3.21. The standard InChI is InChI=1S/C22H22N2O4/c1-15-5-6-16(2)20(14-15)28-13-11-21(25)23-17-7-9-18(10-8-17)24-22(26)19-4-3-12-27-19/h3-10,12,14H,11,13H2,1-2H3,(H,23,25)(H,24,26). The smallest absolute Gasteiger partial charge is 0.291 e. The first-order valence-electron chi connectivity index (χ1n) is 8.96. The molecule has 6 heteroatoms. The van der Waals surface area contributed by atoms with E-state index in [1.165, 1.54) is 6.26 Å². The van der Waals surface area contributed by atoms with Gasteiger partial charge in [0.25, 0.3) is 5.91 Å². The number of nitrogens with one attached hydrogen (secondary N) is 2. The number of amides is 2. The Morgan fingerprint density at radius 3 is 2.36 bits per heavy atom. The van der Waals surface area contributed by atoms with Gasteiger partial charge in [-0.15, -0.1) is 0 Å². The number of hydrogen-bond acceptors (Lipinski definition) is 4. The third-order valence-electron chi connectivity index (χ3n) is 4.10. The Kier molecular flexibility index (Phi) is 6.11. The molecule has 2 amide bonds. The summed E-state index contributed by atoms with van der Waals surface area (Å²) in [6.07, 6.45) is 1.68. The molecule has 0 aliphatic heterocycles. The topological polar surface area (TPSA) is 80.6 Å². The maximum atomic E-state index is 12.1. The Hall–Kier alpha value is -3.54. The highest BCUT2D eigenvalue weighted by Gasteiger charge is 2.09. The molecule has 6 nitrogen and oxygen atoms in total. The van der Waals surface area contributed by atoms with Gasteiger partial charge in [0.2, 0.25) is 5.91 Å². The van der Waals surface area contributed by atoms with E-state index in [4.69, 9.17) is 9.15 Å². The van der Waals surface area contributed by atoms with Crippen molar-refractivity contribution < 1.29 is 18.7 Å². The second-order valence-electron chi connectivity index (χ2n) is 6.42. The van der Waals surface area contributed by atoms with Crippen LogP contribution >= 0.6 is 0 Å². The van der Waals surface area contributed by atoms with Gasteiger partial charge in [-0.1, -0.05) is 12.1 Å². The molecule has 28 heavy (non-hydrogen) atoms. The molecule has 3 rings (SSSR count). The molecular weight excluding hydrogens is 356 g/mol. The van der Waals surface area contributed by atoms with Crippen molar-refractivity contribution in [2.24, 2.45) is 0 Å². The molecule has 144 valence electrons. The summed E-state index contributed by atoms with van der Waals surface area (Å²) in [7, 11) is 0. The predicted octanol–water partition coefficient (Wildman–Crippen LogP) is 4.56. The number of rotatable bonds is 7. The number of hydrogen-bond donors (Lipinski definition) is 2. The first kappa shape index (κ1) is 19.2. The number of ether oxygens (including phenoxy) is 1. The molecule has 0 bridgehead atoms. The van der Waals surface area contributed by atoms with Crippen molar-refractivity contribution in [3.05, 3.63) is 77.7 Å². The molecule has 0 saturated carbocycles. The Morgan fingerprint density at radius 1 is 0.964 bits per heavy atom. The molecule has 0 saturated heterocycles. The zero-order valence-electron chi connectivity index (χ0n) is 15.8. The van der Waals surface area contributed by atoms with Crippen LogP contribution in [0.4, 0.5) is 11.4 Å². The van der Waals surface area contributed by atoms with Gasteiger partial charge in [-0.05, 0) is 67.4 Å². The van der Waals surface area contributed by atoms with Gasteiger partial charge < -0.3 is 19.8 Å². The zero-order chi connectivity index (χ0) is 19.9. The van der Waals surface area contributed by atoms with Crippen molar-refractivity contribution in [2.45, 2.75) is 20.3 Å². The lowest BCUT2D eigenvalue weighted by atomic mass is 10.1. The van der Waals surface area contributed by atoms with Crippen LogP contribution in [0.15, 0.2) is 65.3 Å². The highest BCUT2D eigenvalue weighted by molar-refractivity contribution is 6.02. The summed E-state index contributed by atoms with van der Waals surface area (Å²) in [6, 6.07) is 16.1. The van der Waals surface area contributed by atoms with Crippen LogP contribution in [0.5, 0.6) is 5.75 Å². The first-order valence-corrected chi connectivity index (χ1v) is 8.96. The summed E-state index contributed by atoms with van der Waals surface area (Å²) < 4.78 is 10.8. The lowest BCUT2D eigenvalue weighted by Crippen LogP contribution is -2.15. The van der Waals surface area contributed by atoms with Gasteiger partial charge >= 0.3 is 0 Å². The molecule has 1 aromatic heterocycles. The number of benzene rings is 2. The Labute approximate surface area is 163 Å². The van der Waals surface area contributed by atoms with Crippen molar-refractivity contribution in [1.82, 2.24) is 0 Å². The van der Waals surface area contributed by atoms with Crippen LogP contribution in [0.3, 0.4) is 0 Å². The van der Waals surface area contributed by atoms with Crippen LogP contribution in [0.2, 0.25) is 0 Å². The van der Waals surface area contributed by atoms with E-state index in [1.54, 1.807) is 36.4 Å². The summed E-state index contributed by atoms with van der Waals surface area (Å²) in [4.78, 5) is 24.0. The summed E-state index contributed by atoms with van der Waals surface area (Å²) in [5, 5.41) is 5.53. The molecular formula is C22H22N2O4. The fourth-order valence-electron chi connectivity index (χ4n) is 2.58. The van der Waals surface area contributed by atoms with Crippen molar-refractivity contribution in [3.63, 3.8) is 0 Å². The molecule has 0 unspecified atom stereocenters. The van der Waals surface area contributed by atoms with E-state index >= 15 is 0 Å². The van der Waals surface area contributed by atoms with Crippen LogP contribution in [-0.4, -0.2) is 18.4 Å². The highest BCUT2D eigenvalue weighted by Crippen LogP contribution is 2.19. The normalized spacial score (nSPS) is 10.4. The molecule has 3 aromatic rings. The minimum Gasteiger partial charge on any atom is -0.493 e. The Bertz CT molecular complexity index is 947. The van der Waals surface area contributed by atoms with Gasteiger partial charge in [0.15, 0.2) is 5.76 Å². The zero-order valence-corrected chi connectivity index (χ0v) is 15.8. The Balaban J connectivity index is 1.46. The molecule has 0 fully saturated rings. The van der Waals surface area contributed by atoms with E-state index in [2.05, 4.69) is 10.6 Å². The second-order valence-corrected chi connectivity index (χ2v) is 6.42. The average molecular weight is 378 g/mol. The minimum absolute atomic E-state index is 0.141. The van der Waals surface area contributed by atoms with Crippen LogP contribution in [0, 0.1) is 13.8 Å². The molecule has 1 heterocycles. The maximum Gasteiger partial charge on any atom is 0.291 e. The fourth-order valence-corrected chi connectivity index (χ4v) is 2.58. The van der Waals surface area contributed by atoms with Gasteiger partial charge in [-0.25, -0.2) is 0 Å². The first-order chi connectivity index (χ1) is 13.5. The SMILES string of the molecule is Cc1ccc(C)c(OCCC(=O)Nc2ccc(NC(=O)c3ccco3)cc2)c1. The number of aryl methyl sites for hydroxylation is 2. The van der Waals surface area contributed by atoms with Crippen LogP contribution in [-0.2, 0) is 4.79 Å². The number of furan rings is 1. The monoisotopic (exact) mass is 378 g/mol. The third-order valence-corrected chi connectivity index (χ3v) is 4.10. The van der Waals surface area contributed by atoms with Crippen molar-refractivity contribution >= 4 is 23.2 Å². The van der Waals surface area contributed by atoms with E-state index in [-0.39, 0.29) is 24.0 Å². The summed E-state index contributed by atoms with van der Waals surface area (Å²) in [6.45, 7) is 4.27. The predicted molar refractivity (Wildman–Crippen MR) is 108 cm³/mol. The van der Waals surface area contributed by atoms with E-state index in [0.717, 1.165) is 16.9 Å². The van der Waals surface area contributed by atoms with E-state index < -0.39 is 0 Å². The van der Waals surface area contributed by atoms with E-state index in [9.17, 15) is 9.59 Å². The third kappa shape index (κ3) is 5.23. The van der Waals surface area contributed by atoms with Gasteiger partial charge in [0.1, 0.15) is 5.75 Å². The molecule has 0 aliphatic carbocycles. The Morgan fingerprint density at radius 2 is 1.68 bits per heavy atom. The fraction of sp³-hybridized carbons (Fsp3) is 0.182. The maximum absolute atomic E-state index is 12.1. The number of anilines is 2. The highest BCUT2D eigenvalue weighted by atomic mass is 16.5. The minimum atomic E-state index is -0.328. The van der Waals surface area contributed by atoms with Crippen LogP contribution in [0.1, 0.15) is 28.1 Å². The number of carbonyl (C=O) groups excluding carboxylic acids is 2. The molecule has 2 N–H and O–H groups in total. The van der Waals surface area contributed by atoms with Crippen molar-refractivity contribution in [1.29, 1.82) is 0 Å². The van der Waals surface area contributed by atoms with Crippen LogP contribution in [0.25, 0.3) is 0 Å². The van der Waals surface area contributed by atoms with Crippen LogP contribution < -0.4 is 15.4 Å². The molecule has 2 aromatic carbocycles. The van der Waals surface area contributed by atoms with Gasteiger partial charge in [-0.3, -0.25) is 9.59 Å². The lowest BCUT2D eigenvalue weighted by molar-refractivity contribution is -0.116. The van der Waals surface area contributed by atoms with Crippen molar-refractivity contribution in [2.75, 3.05) is 17.2 Å². The molecule has 0 radical (unpaired) electrons. The molecule has 0 aliphatic rings. The van der Waals surface area contributed by atoms with Gasteiger partial charge in [-0.2, -0.15) is 0 Å². The van der Waals surface area contributed by atoms with E-state index in [1.807, 2.05) is 32.0 Å². The summed E-state index contributed by atoms with van der Waals surface area (Å²) in [5.41, 5.74) is 3.41.